The number of hydrogen-bond acceptors (Lipinski definition) is 4. The molecule has 0 bridgehead atoms. The molecule has 0 spiro atoms. The minimum absolute atomic E-state index is 0.0492. The van der Waals surface area contributed by atoms with E-state index in [9.17, 15) is 13.2 Å². The summed E-state index contributed by atoms with van der Waals surface area (Å²) in [5, 5.41) is 0.131. The number of hydrogen-bond donors (Lipinski definition) is 1. The summed E-state index contributed by atoms with van der Waals surface area (Å²) in [7, 11) is -3.16. The molecule has 1 aliphatic heterocycles. The van der Waals surface area contributed by atoms with Gasteiger partial charge in [0.25, 0.3) is 5.91 Å². The molecule has 1 saturated heterocycles. The van der Waals surface area contributed by atoms with E-state index < -0.39 is 10.0 Å². The van der Waals surface area contributed by atoms with E-state index in [4.69, 9.17) is 0 Å². The summed E-state index contributed by atoms with van der Waals surface area (Å²) >= 11 is 4.36. The average Bonchev–Trinajstić information content (AvgIpc) is 2.54. The van der Waals surface area contributed by atoms with E-state index in [0.29, 0.717) is 31.7 Å². The van der Waals surface area contributed by atoms with Gasteiger partial charge in [-0.05, 0) is 31.5 Å². The molecule has 0 N–H and O–H groups in total. The Balaban J connectivity index is 2.00. The number of nitrogens with zero attached hydrogens (tertiary/aromatic N) is 2. The summed E-state index contributed by atoms with van der Waals surface area (Å²) < 4.78 is 25.1. The largest absolute Gasteiger partial charge is 0.336 e. The highest BCUT2D eigenvalue weighted by Gasteiger charge is 2.27. The number of benzene rings is 1. The Labute approximate surface area is 137 Å². The SMILES string of the molecule is CCS(=O)(=O)N1CCN(C(=O)c2ccc(C(C)S)cc2)CC1. The Hall–Kier alpha value is -1.05. The van der Waals surface area contributed by atoms with Gasteiger partial charge in [-0.25, -0.2) is 8.42 Å². The zero-order chi connectivity index (χ0) is 16.3. The lowest BCUT2D eigenvalue weighted by molar-refractivity contribution is 0.0698. The first-order valence-corrected chi connectivity index (χ1v) is 9.53. The van der Waals surface area contributed by atoms with Crippen molar-refractivity contribution < 1.29 is 13.2 Å². The fourth-order valence-electron chi connectivity index (χ4n) is 2.44. The summed E-state index contributed by atoms with van der Waals surface area (Å²) in [5.74, 6) is 0.0524. The Morgan fingerprint density at radius 2 is 1.73 bits per heavy atom. The van der Waals surface area contributed by atoms with Crippen molar-refractivity contribution in [2.45, 2.75) is 19.1 Å². The second-order valence-electron chi connectivity index (χ2n) is 5.39. The van der Waals surface area contributed by atoms with Crippen LogP contribution in [0.25, 0.3) is 0 Å². The van der Waals surface area contributed by atoms with Gasteiger partial charge in [0.2, 0.25) is 10.0 Å². The molecule has 7 heteroatoms. The van der Waals surface area contributed by atoms with E-state index in [2.05, 4.69) is 12.6 Å². The van der Waals surface area contributed by atoms with Crippen LogP contribution in [0.2, 0.25) is 0 Å². The molecule has 1 unspecified atom stereocenters. The summed E-state index contributed by atoms with van der Waals surface area (Å²) in [4.78, 5) is 14.2. The van der Waals surface area contributed by atoms with Gasteiger partial charge < -0.3 is 4.90 Å². The van der Waals surface area contributed by atoms with Gasteiger partial charge in [0.1, 0.15) is 0 Å². The van der Waals surface area contributed by atoms with Gasteiger partial charge in [0, 0.05) is 37.0 Å². The monoisotopic (exact) mass is 342 g/mol. The van der Waals surface area contributed by atoms with Crippen molar-refractivity contribution in [2.24, 2.45) is 0 Å². The van der Waals surface area contributed by atoms with Crippen molar-refractivity contribution >= 4 is 28.6 Å². The molecule has 0 saturated carbocycles. The molecule has 1 aromatic carbocycles. The van der Waals surface area contributed by atoms with Crippen LogP contribution >= 0.6 is 12.6 Å². The third-order valence-corrected chi connectivity index (χ3v) is 6.10. The summed E-state index contributed by atoms with van der Waals surface area (Å²) in [6.07, 6.45) is 0. The Kier molecular flexibility index (Phi) is 5.52. The van der Waals surface area contributed by atoms with Crippen LogP contribution in [0.1, 0.15) is 35.0 Å². The van der Waals surface area contributed by atoms with Gasteiger partial charge in [-0.3, -0.25) is 4.79 Å². The molecule has 5 nitrogen and oxygen atoms in total. The van der Waals surface area contributed by atoms with Crippen molar-refractivity contribution in [3.63, 3.8) is 0 Å². The molecule has 122 valence electrons. The van der Waals surface area contributed by atoms with Crippen LogP contribution in [0.3, 0.4) is 0 Å². The zero-order valence-corrected chi connectivity index (χ0v) is 14.6. The van der Waals surface area contributed by atoms with Crippen molar-refractivity contribution in [1.29, 1.82) is 0 Å². The number of piperazine rings is 1. The molecular weight excluding hydrogens is 320 g/mol. The highest BCUT2D eigenvalue weighted by molar-refractivity contribution is 7.89. The summed E-state index contributed by atoms with van der Waals surface area (Å²) in [6, 6.07) is 7.42. The maximum atomic E-state index is 12.4. The molecular formula is C15H22N2O3S2. The fraction of sp³-hybridized carbons (Fsp3) is 0.533. The van der Waals surface area contributed by atoms with Crippen molar-refractivity contribution in [1.82, 2.24) is 9.21 Å². The highest BCUT2D eigenvalue weighted by Crippen LogP contribution is 2.20. The van der Waals surface area contributed by atoms with Gasteiger partial charge >= 0.3 is 0 Å². The minimum atomic E-state index is -3.16. The van der Waals surface area contributed by atoms with Crippen LogP contribution in [0.4, 0.5) is 0 Å². The van der Waals surface area contributed by atoms with E-state index >= 15 is 0 Å². The minimum Gasteiger partial charge on any atom is -0.336 e. The Morgan fingerprint density at radius 3 is 2.18 bits per heavy atom. The third kappa shape index (κ3) is 3.83. The Morgan fingerprint density at radius 1 is 1.18 bits per heavy atom. The lowest BCUT2D eigenvalue weighted by atomic mass is 10.1. The molecule has 1 atom stereocenters. The van der Waals surface area contributed by atoms with Crippen LogP contribution in [0.5, 0.6) is 0 Å². The van der Waals surface area contributed by atoms with E-state index in [1.54, 1.807) is 24.0 Å². The zero-order valence-electron chi connectivity index (χ0n) is 12.9. The smallest absolute Gasteiger partial charge is 0.253 e. The maximum absolute atomic E-state index is 12.4. The van der Waals surface area contributed by atoms with Crippen LogP contribution in [0.15, 0.2) is 24.3 Å². The fourth-order valence-corrected chi connectivity index (χ4v) is 3.70. The van der Waals surface area contributed by atoms with Gasteiger partial charge in [0.15, 0.2) is 0 Å². The van der Waals surface area contributed by atoms with Crippen LogP contribution in [0, 0.1) is 0 Å². The van der Waals surface area contributed by atoms with Gasteiger partial charge in [-0.2, -0.15) is 16.9 Å². The molecule has 0 aromatic heterocycles. The predicted octanol–water partition coefficient (Wildman–Crippen LogP) is 1.78. The van der Waals surface area contributed by atoms with E-state index in [1.807, 2.05) is 19.1 Å². The van der Waals surface area contributed by atoms with Crippen LogP contribution < -0.4 is 0 Å². The average molecular weight is 342 g/mol. The molecule has 1 heterocycles. The first kappa shape index (κ1) is 17.3. The lowest BCUT2D eigenvalue weighted by Crippen LogP contribution is -2.50. The van der Waals surface area contributed by atoms with Gasteiger partial charge in [-0.15, -0.1) is 0 Å². The number of sulfonamides is 1. The summed E-state index contributed by atoms with van der Waals surface area (Å²) in [6.45, 7) is 5.22. The molecule has 1 amide bonds. The van der Waals surface area contributed by atoms with E-state index in [-0.39, 0.29) is 16.9 Å². The first-order valence-electron chi connectivity index (χ1n) is 7.40. The van der Waals surface area contributed by atoms with Crippen LogP contribution in [-0.2, 0) is 10.0 Å². The van der Waals surface area contributed by atoms with Crippen molar-refractivity contribution in [2.75, 3.05) is 31.9 Å². The number of thiol groups is 1. The Bertz CT molecular complexity index is 619. The van der Waals surface area contributed by atoms with E-state index in [1.165, 1.54) is 4.31 Å². The van der Waals surface area contributed by atoms with Gasteiger partial charge in [-0.1, -0.05) is 12.1 Å². The number of carbonyl (C=O) groups excluding carboxylic acids is 1. The second-order valence-corrected chi connectivity index (χ2v) is 8.42. The molecule has 22 heavy (non-hydrogen) atoms. The molecule has 1 fully saturated rings. The standard InChI is InChI=1S/C15H22N2O3S2/c1-3-22(19,20)17-10-8-16(9-11-17)15(18)14-6-4-13(5-7-14)12(2)21/h4-7,12,21H,3,8-11H2,1-2H3. The number of amides is 1. The third-order valence-electron chi connectivity index (χ3n) is 3.92. The normalized spacial score (nSPS) is 18.2. The van der Waals surface area contributed by atoms with Crippen molar-refractivity contribution in [3.05, 3.63) is 35.4 Å². The number of carbonyl (C=O) groups is 1. The second kappa shape index (κ2) is 7.02. The van der Waals surface area contributed by atoms with Gasteiger partial charge in [0.05, 0.1) is 5.75 Å². The molecule has 0 radical (unpaired) electrons. The van der Waals surface area contributed by atoms with Crippen molar-refractivity contribution in [3.8, 4) is 0 Å². The highest BCUT2D eigenvalue weighted by atomic mass is 32.2. The molecule has 1 aliphatic rings. The topological polar surface area (TPSA) is 57.7 Å². The van der Waals surface area contributed by atoms with Crippen LogP contribution in [-0.4, -0.2) is 55.5 Å². The molecule has 0 aliphatic carbocycles. The quantitative estimate of drug-likeness (QED) is 0.849. The van der Waals surface area contributed by atoms with E-state index in [0.717, 1.165) is 5.56 Å². The predicted molar refractivity (Wildman–Crippen MR) is 90.8 cm³/mol. The number of rotatable bonds is 4. The lowest BCUT2D eigenvalue weighted by Gasteiger charge is -2.33. The molecule has 1 aromatic rings. The molecule has 2 rings (SSSR count). The first-order chi connectivity index (χ1) is 10.3. The summed E-state index contributed by atoms with van der Waals surface area (Å²) in [5.41, 5.74) is 1.70. The maximum Gasteiger partial charge on any atom is 0.253 e.